The van der Waals surface area contributed by atoms with Gasteiger partial charge < -0.3 is 45.4 Å². The van der Waals surface area contributed by atoms with Crippen molar-refractivity contribution in [3.05, 3.63) is 35.9 Å². The second-order valence-corrected chi connectivity index (χ2v) is 15.0. The van der Waals surface area contributed by atoms with Gasteiger partial charge in [0.2, 0.25) is 23.6 Å². The Labute approximate surface area is 311 Å². The fraction of sp³-hybridized carbons (Fsp3) is 0.744. The number of aliphatic hydroxyl groups excluding tert-OH is 1. The van der Waals surface area contributed by atoms with Gasteiger partial charge in [-0.25, -0.2) is 0 Å². The molecular formula is C39H67N5O8. The SMILES string of the molecule is CC[C@H](C)C([C@@H](CC(=O)N1CCC[C@H]1[C@H](OC)[C@@H](C)C(=O)N[C@@H](Cc1ccccc1)C(O)O)OC)N(C)C(=O)[C@@H](NC(=O)[C@@H](NC)C(C)C)C(C)C. The van der Waals surface area contributed by atoms with Crippen LogP contribution in [0.1, 0.15) is 79.7 Å². The fourth-order valence-electron chi connectivity index (χ4n) is 7.46. The van der Waals surface area contributed by atoms with Gasteiger partial charge in [-0.05, 0) is 49.6 Å². The summed E-state index contributed by atoms with van der Waals surface area (Å²) in [5.74, 6) is -1.99. The van der Waals surface area contributed by atoms with Gasteiger partial charge >= 0.3 is 0 Å². The number of carbonyl (C=O) groups is 4. The molecule has 1 aliphatic rings. The molecule has 296 valence electrons. The molecule has 9 atom stereocenters. The van der Waals surface area contributed by atoms with Gasteiger partial charge in [-0.15, -0.1) is 0 Å². The Bertz CT molecular complexity index is 1260. The number of nitrogens with one attached hydrogen (secondary N) is 3. The highest BCUT2D eigenvalue weighted by Crippen LogP contribution is 2.30. The number of hydrogen-bond donors (Lipinski definition) is 5. The van der Waals surface area contributed by atoms with Crippen LogP contribution in [0.2, 0.25) is 0 Å². The Morgan fingerprint density at radius 3 is 2.04 bits per heavy atom. The number of amides is 4. The first-order valence-electron chi connectivity index (χ1n) is 18.8. The van der Waals surface area contributed by atoms with Crippen LogP contribution < -0.4 is 16.0 Å². The standard InChI is InChI=1S/C39H67N5O8/c1-12-25(6)34(43(9)38(48)33(24(4)5)42-37(47)32(40-8)23(2)3)30(51-10)22-31(45)44-20-16-19-29(44)35(52-11)26(7)36(46)41-28(39(49)50)21-27-17-14-13-15-18-27/h13-15,17-18,23-26,28-30,32-35,39-40,49-50H,12,16,19-22H2,1-11H3,(H,41,46)(H,42,47)/t25-,26+,28-,29-,30+,32-,33-,34?,35+/m0/s1. The van der Waals surface area contributed by atoms with E-state index in [1.54, 1.807) is 37.9 Å². The number of ether oxygens (including phenoxy) is 2. The molecule has 1 aromatic carbocycles. The van der Waals surface area contributed by atoms with Crippen LogP contribution in [-0.2, 0) is 35.1 Å². The first-order chi connectivity index (χ1) is 24.5. The van der Waals surface area contributed by atoms with E-state index in [4.69, 9.17) is 9.47 Å². The molecule has 0 aliphatic carbocycles. The van der Waals surface area contributed by atoms with Crippen molar-refractivity contribution in [2.75, 3.05) is 34.9 Å². The zero-order valence-corrected chi connectivity index (χ0v) is 33.3. The Morgan fingerprint density at radius 1 is 0.923 bits per heavy atom. The lowest BCUT2D eigenvalue weighted by atomic mass is 9.89. The van der Waals surface area contributed by atoms with Gasteiger partial charge in [-0.2, -0.15) is 0 Å². The molecule has 2 rings (SSSR count). The summed E-state index contributed by atoms with van der Waals surface area (Å²) in [4.78, 5) is 58.3. The van der Waals surface area contributed by atoms with E-state index in [0.717, 1.165) is 18.4 Å². The first-order valence-corrected chi connectivity index (χ1v) is 18.8. The van der Waals surface area contributed by atoms with E-state index < -0.39 is 60.5 Å². The van der Waals surface area contributed by atoms with Crippen molar-refractivity contribution < 1.29 is 38.9 Å². The number of likely N-dealkylation sites (N-methyl/N-ethyl adjacent to an activating group) is 2. The molecule has 52 heavy (non-hydrogen) atoms. The molecule has 13 nitrogen and oxygen atoms in total. The topological polar surface area (TPSA) is 170 Å². The van der Waals surface area contributed by atoms with Crippen LogP contribution in [0, 0.1) is 23.7 Å². The lowest BCUT2D eigenvalue weighted by Gasteiger charge is -2.41. The number of carbonyl (C=O) groups excluding carboxylic acids is 4. The van der Waals surface area contributed by atoms with E-state index in [-0.39, 0.29) is 48.3 Å². The zero-order chi connectivity index (χ0) is 39.3. The predicted octanol–water partition coefficient (Wildman–Crippen LogP) is 2.33. The van der Waals surface area contributed by atoms with Crippen molar-refractivity contribution in [3.63, 3.8) is 0 Å². The molecule has 1 unspecified atom stereocenters. The van der Waals surface area contributed by atoms with Crippen LogP contribution in [0.5, 0.6) is 0 Å². The van der Waals surface area contributed by atoms with Crippen molar-refractivity contribution in [2.45, 2.75) is 129 Å². The first kappa shape index (κ1) is 45.1. The summed E-state index contributed by atoms with van der Waals surface area (Å²) in [6.07, 6.45) is -0.763. The van der Waals surface area contributed by atoms with Gasteiger partial charge in [0, 0.05) is 27.8 Å². The van der Waals surface area contributed by atoms with Gasteiger partial charge in [-0.3, -0.25) is 19.2 Å². The Morgan fingerprint density at radius 2 is 1.54 bits per heavy atom. The highest BCUT2D eigenvalue weighted by atomic mass is 16.5. The van der Waals surface area contributed by atoms with E-state index in [9.17, 15) is 29.4 Å². The van der Waals surface area contributed by atoms with Gasteiger partial charge in [-0.1, -0.05) is 85.2 Å². The van der Waals surface area contributed by atoms with E-state index >= 15 is 0 Å². The molecule has 1 fully saturated rings. The molecule has 1 saturated heterocycles. The minimum absolute atomic E-state index is 0.000372. The monoisotopic (exact) mass is 733 g/mol. The maximum atomic E-state index is 14.1. The Hall–Kier alpha value is -3.10. The molecule has 5 N–H and O–H groups in total. The average Bonchev–Trinajstić information content (AvgIpc) is 3.59. The summed E-state index contributed by atoms with van der Waals surface area (Å²) in [7, 11) is 6.49. The lowest BCUT2D eigenvalue weighted by molar-refractivity contribution is -0.148. The van der Waals surface area contributed by atoms with E-state index in [1.807, 2.05) is 71.9 Å². The predicted molar refractivity (Wildman–Crippen MR) is 201 cm³/mol. The van der Waals surface area contributed by atoms with Crippen LogP contribution >= 0.6 is 0 Å². The molecule has 1 aliphatic heterocycles. The number of aliphatic hydroxyl groups is 2. The molecule has 0 spiro atoms. The van der Waals surface area contributed by atoms with E-state index in [1.165, 1.54) is 7.11 Å². The molecular weight excluding hydrogens is 666 g/mol. The largest absolute Gasteiger partial charge is 0.379 e. The van der Waals surface area contributed by atoms with Gasteiger partial charge in [0.25, 0.3) is 0 Å². The van der Waals surface area contributed by atoms with Crippen molar-refractivity contribution in [1.82, 2.24) is 25.8 Å². The molecule has 0 radical (unpaired) electrons. The van der Waals surface area contributed by atoms with Crippen molar-refractivity contribution in [3.8, 4) is 0 Å². The highest BCUT2D eigenvalue weighted by molar-refractivity contribution is 5.90. The van der Waals surface area contributed by atoms with E-state index in [2.05, 4.69) is 16.0 Å². The third kappa shape index (κ3) is 12.0. The highest BCUT2D eigenvalue weighted by Gasteiger charge is 2.43. The summed E-state index contributed by atoms with van der Waals surface area (Å²) >= 11 is 0. The van der Waals surface area contributed by atoms with Crippen LogP contribution in [0.15, 0.2) is 30.3 Å². The van der Waals surface area contributed by atoms with Crippen molar-refractivity contribution in [1.29, 1.82) is 0 Å². The molecule has 13 heteroatoms. The van der Waals surface area contributed by atoms with Crippen LogP contribution in [0.3, 0.4) is 0 Å². The quantitative estimate of drug-likeness (QED) is 0.119. The number of nitrogens with zero attached hydrogens (tertiary/aromatic N) is 2. The maximum Gasteiger partial charge on any atom is 0.245 e. The molecule has 0 aromatic heterocycles. The van der Waals surface area contributed by atoms with Crippen molar-refractivity contribution in [2.24, 2.45) is 23.7 Å². The summed E-state index contributed by atoms with van der Waals surface area (Å²) in [5, 5.41) is 28.9. The molecule has 0 saturated carbocycles. The van der Waals surface area contributed by atoms with Gasteiger partial charge in [0.05, 0.1) is 48.7 Å². The number of likely N-dealkylation sites (tertiary alicyclic amines) is 1. The summed E-state index contributed by atoms with van der Waals surface area (Å²) < 4.78 is 11.9. The van der Waals surface area contributed by atoms with Crippen LogP contribution in [0.4, 0.5) is 0 Å². The Balaban J connectivity index is 2.26. The fourth-order valence-corrected chi connectivity index (χ4v) is 7.46. The summed E-state index contributed by atoms with van der Waals surface area (Å²) in [6.45, 7) is 13.9. The minimum atomic E-state index is -1.77. The third-order valence-electron chi connectivity index (χ3n) is 10.7. The maximum absolute atomic E-state index is 14.1. The van der Waals surface area contributed by atoms with E-state index in [0.29, 0.717) is 13.0 Å². The smallest absolute Gasteiger partial charge is 0.245 e. The second-order valence-electron chi connectivity index (χ2n) is 15.0. The molecule has 4 amide bonds. The second kappa shape index (κ2) is 21.6. The number of hydrogen-bond acceptors (Lipinski definition) is 9. The number of methoxy groups -OCH3 is 2. The molecule has 1 heterocycles. The Kier molecular flexibility index (Phi) is 18.7. The minimum Gasteiger partial charge on any atom is -0.379 e. The molecule has 0 bridgehead atoms. The summed E-state index contributed by atoms with van der Waals surface area (Å²) in [6, 6.07) is 6.23. The third-order valence-corrected chi connectivity index (χ3v) is 10.7. The normalized spacial score (nSPS) is 19.5. The average molecular weight is 734 g/mol. The molecule has 1 aromatic rings. The van der Waals surface area contributed by atoms with Gasteiger partial charge in [0.1, 0.15) is 6.04 Å². The number of benzene rings is 1. The van der Waals surface area contributed by atoms with Crippen LogP contribution in [-0.4, -0.2) is 127 Å². The van der Waals surface area contributed by atoms with Crippen molar-refractivity contribution >= 4 is 23.6 Å². The van der Waals surface area contributed by atoms with Gasteiger partial charge in [0.15, 0.2) is 6.29 Å². The summed E-state index contributed by atoms with van der Waals surface area (Å²) in [5.41, 5.74) is 0.846. The van der Waals surface area contributed by atoms with Crippen LogP contribution in [0.25, 0.3) is 0 Å². The zero-order valence-electron chi connectivity index (χ0n) is 33.3. The number of rotatable bonds is 21. The lowest BCUT2D eigenvalue weighted by Crippen LogP contribution is -2.59.